The lowest BCUT2D eigenvalue weighted by atomic mass is 9.95. The number of halogens is 5. The van der Waals surface area contributed by atoms with Gasteiger partial charge in [0.1, 0.15) is 40.9 Å². The van der Waals surface area contributed by atoms with Gasteiger partial charge in [0.15, 0.2) is 17.5 Å². The van der Waals surface area contributed by atoms with Crippen molar-refractivity contribution in [2.24, 2.45) is 0 Å². The highest BCUT2D eigenvalue weighted by Gasteiger charge is 2.49. The van der Waals surface area contributed by atoms with E-state index in [-0.39, 0.29) is 62.1 Å². The average molecular weight is 730 g/mol. The molecule has 6 rings (SSSR count). The van der Waals surface area contributed by atoms with E-state index in [0.29, 0.717) is 32.5 Å². The number of pyridine rings is 1. The number of nitrogens with one attached hydrogen (secondary N) is 2. The second-order valence-corrected chi connectivity index (χ2v) is 13.1. The number of aromatic nitrogens is 3. The summed E-state index contributed by atoms with van der Waals surface area (Å²) in [6.45, 7) is 7.75. The first-order valence-electron chi connectivity index (χ1n) is 15.0. The maximum atomic E-state index is 16.7. The van der Waals surface area contributed by atoms with Crippen LogP contribution in [0.2, 0.25) is 0 Å². The minimum atomic E-state index is -1.12. The van der Waals surface area contributed by atoms with Gasteiger partial charge in [-0.3, -0.25) is 4.90 Å². The smallest absolute Gasteiger partial charge is 0.319 e. The molecular formula is C30H36F4IN7O2. The fourth-order valence-electron chi connectivity index (χ4n) is 6.55. The van der Waals surface area contributed by atoms with Gasteiger partial charge in [-0.2, -0.15) is 9.97 Å². The predicted molar refractivity (Wildman–Crippen MR) is 168 cm³/mol. The zero-order valence-corrected chi connectivity index (χ0v) is 27.0. The van der Waals surface area contributed by atoms with Gasteiger partial charge in [0, 0.05) is 34.7 Å². The lowest BCUT2D eigenvalue weighted by molar-refractivity contribution is 0.107. The normalized spacial score (nSPS) is 25.8. The summed E-state index contributed by atoms with van der Waals surface area (Å²) in [5, 5.41) is 6.97. The Morgan fingerprint density at radius 3 is 2.75 bits per heavy atom. The van der Waals surface area contributed by atoms with Crippen molar-refractivity contribution in [1.82, 2.24) is 25.2 Å². The van der Waals surface area contributed by atoms with Gasteiger partial charge in [0.05, 0.1) is 17.2 Å². The molecule has 14 heteroatoms. The van der Waals surface area contributed by atoms with Crippen LogP contribution in [-0.2, 0) is 0 Å². The molecule has 44 heavy (non-hydrogen) atoms. The maximum Gasteiger partial charge on any atom is 0.319 e. The van der Waals surface area contributed by atoms with Crippen LogP contribution in [0.15, 0.2) is 0 Å². The van der Waals surface area contributed by atoms with Crippen molar-refractivity contribution in [3.8, 4) is 23.1 Å². The molecule has 0 aliphatic carbocycles. The van der Waals surface area contributed by atoms with Gasteiger partial charge in [-0.25, -0.2) is 22.5 Å². The molecule has 0 spiro atoms. The minimum Gasteiger partial charge on any atom is -0.474 e. The molecule has 0 saturated carbocycles. The summed E-state index contributed by atoms with van der Waals surface area (Å²) in [5.74, 6) is -2.75. The van der Waals surface area contributed by atoms with E-state index in [1.54, 1.807) is 22.6 Å². The van der Waals surface area contributed by atoms with Crippen LogP contribution in [0, 0.1) is 27.9 Å². The zero-order valence-electron chi connectivity index (χ0n) is 24.9. The van der Waals surface area contributed by atoms with Crippen LogP contribution in [-0.4, -0.2) is 76.5 Å². The monoisotopic (exact) mass is 729 g/mol. The molecule has 4 N–H and O–H groups in total. The Labute approximate surface area is 266 Å². The first-order chi connectivity index (χ1) is 21.0. The van der Waals surface area contributed by atoms with Crippen LogP contribution in [0.4, 0.5) is 29.1 Å². The molecule has 3 aliphatic rings. The third kappa shape index (κ3) is 5.50. The molecule has 0 bridgehead atoms. The highest BCUT2D eigenvalue weighted by molar-refractivity contribution is 14.1. The van der Waals surface area contributed by atoms with Crippen LogP contribution < -0.4 is 25.8 Å². The van der Waals surface area contributed by atoms with Gasteiger partial charge in [-0.15, -0.1) is 0 Å². The lowest BCUT2D eigenvalue weighted by Gasteiger charge is -2.30. The van der Waals surface area contributed by atoms with E-state index in [1.165, 1.54) is 6.92 Å². The Bertz CT molecular complexity index is 1570. The molecule has 0 amide bonds. The van der Waals surface area contributed by atoms with E-state index in [0.717, 1.165) is 25.8 Å². The zero-order chi connectivity index (χ0) is 31.3. The molecule has 3 aliphatic heterocycles. The van der Waals surface area contributed by atoms with E-state index in [9.17, 15) is 8.78 Å². The Morgan fingerprint density at radius 2 is 1.98 bits per heavy atom. The van der Waals surface area contributed by atoms with E-state index < -0.39 is 40.5 Å². The van der Waals surface area contributed by atoms with Crippen molar-refractivity contribution in [3.63, 3.8) is 0 Å². The second kappa shape index (κ2) is 12.2. The maximum absolute atomic E-state index is 16.7. The molecule has 2 aromatic heterocycles. The van der Waals surface area contributed by atoms with Crippen LogP contribution in [0.3, 0.4) is 0 Å². The number of fused-ring (bicyclic) bond motifs is 1. The SMILES string of the molecule is CCC1CNc2nc(OCC34CCCN3C[C@H](F)C4)nc3c(F)c(-c4c(F)c(N)c(F)c(C)c4I)nc(c23)O[C@@H](C)CCN1. The van der Waals surface area contributed by atoms with E-state index >= 15 is 8.78 Å². The molecule has 1 aromatic carbocycles. The first-order valence-corrected chi connectivity index (χ1v) is 16.1. The number of hydrogen-bond acceptors (Lipinski definition) is 9. The molecule has 5 heterocycles. The minimum absolute atomic E-state index is 0.000253. The lowest BCUT2D eigenvalue weighted by Crippen LogP contribution is -2.43. The summed E-state index contributed by atoms with van der Waals surface area (Å²) in [5.41, 5.74) is 3.72. The summed E-state index contributed by atoms with van der Waals surface area (Å²) in [4.78, 5) is 15.7. The van der Waals surface area contributed by atoms with E-state index in [4.69, 9.17) is 15.2 Å². The third-order valence-electron chi connectivity index (χ3n) is 9.07. The van der Waals surface area contributed by atoms with Crippen molar-refractivity contribution >= 4 is 45.0 Å². The molecule has 2 saturated heterocycles. The van der Waals surface area contributed by atoms with Gasteiger partial charge in [0.25, 0.3) is 0 Å². The Balaban J connectivity index is 1.53. The fraction of sp³-hybridized carbons (Fsp3) is 0.567. The summed E-state index contributed by atoms with van der Waals surface area (Å²) in [7, 11) is 0. The number of hydrogen-bond donors (Lipinski definition) is 3. The number of anilines is 2. The molecular weight excluding hydrogens is 693 g/mol. The highest BCUT2D eigenvalue weighted by Crippen LogP contribution is 2.43. The quantitative estimate of drug-likeness (QED) is 0.178. The van der Waals surface area contributed by atoms with Crippen molar-refractivity contribution in [1.29, 1.82) is 0 Å². The van der Waals surface area contributed by atoms with Crippen LogP contribution in [0.25, 0.3) is 22.2 Å². The fourth-order valence-corrected chi connectivity index (χ4v) is 7.28. The van der Waals surface area contributed by atoms with Gasteiger partial charge >= 0.3 is 6.01 Å². The Hall–Kier alpha value is -2.72. The van der Waals surface area contributed by atoms with Crippen LogP contribution >= 0.6 is 22.6 Å². The van der Waals surface area contributed by atoms with Gasteiger partial charge in [-0.05, 0) is 75.2 Å². The van der Waals surface area contributed by atoms with Crippen molar-refractivity contribution in [2.75, 3.05) is 43.8 Å². The summed E-state index contributed by atoms with van der Waals surface area (Å²) in [6, 6.07) is -0.0265. The molecule has 3 aromatic rings. The highest BCUT2D eigenvalue weighted by atomic mass is 127. The third-order valence-corrected chi connectivity index (χ3v) is 10.4. The Morgan fingerprint density at radius 1 is 1.18 bits per heavy atom. The largest absolute Gasteiger partial charge is 0.474 e. The predicted octanol–water partition coefficient (Wildman–Crippen LogP) is 5.51. The molecule has 2 unspecified atom stereocenters. The average Bonchev–Trinajstić information content (AvgIpc) is 3.52. The summed E-state index contributed by atoms with van der Waals surface area (Å²) < 4.78 is 73.8. The Kier molecular flexibility index (Phi) is 8.69. The second-order valence-electron chi connectivity index (χ2n) is 12.0. The van der Waals surface area contributed by atoms with Crippen LogP contribution in [0.5, 0.6) is 11.9 Å². The topological polar surface area (TPSA) is 110 Å². The first kappa shape index (κ1) is 31.3. The number of benzene rings is 1. The molecule has 2 fully saturated rings. The van der Waals surface area contributed by atoms with Gasteiger partial charge in [-0.1, -0.05) is 6.92 Å². The summed E-state index contributed by atoms with van der Waals surface area (Å²) in [6.07, 6.45) is 2.19. The molecule has 4 atom stereocenters. The van der Waals surface area contributed by atoms with Crippen molar-refractivity contribution in [3.05, 3.63) is 26.6 Å². The molecule has 0 radical (unpaired) electrons. The number of alkyl halides is 1. The summed E-state index contributed by atoms with van der Waals surface area (Å²) >= 11 is 1.76. The van der Waals surface area contributed by atoms with Gasteiger partial charge in [0.2, 0.25) is 5.88 Å². The van der Waals surface area contributed by atoms with Crippen LogP contribution in [0.1, 0.15) is 51.5 Å². The van der Waals surface area contributed by atoms with Crippen molar-refractivity contribution in [2.45, 2.75) is 76.7 Å². The standard InChI is InChI=1S/C30H36F4IN7O2/c1-4-17-11-38-27-19-26(40-29(41-27)43-13-30-7-5-9-42(30)12-16(31)10-30)22(34)25(39-28(19)44-14(2)6-8-37-17)18-21(33)24(36)20(32)15(3)23(18)35/h14,16-17,37H,4-13,36H2,1-3H3,(H,38,40,41)/t14-,16+,17?,30?/m0/s1. The molecule has 9 nitrogen and oxygen atoms in total. The number of nitrogen functional groups attached to an aromatic ring is 1. The molecule has 238 valence electrons. The number of ether oxygens (including phenoxy) is 2. The number of nitrogens with zero attached hydrogens (tertiary/aromatic N) is 4. The van der Waals surface area contributed by atoms with E-state index in [1.807, 2.05) is 6.92 Å². The van der Waals surface area contributed by atoms with Crippen molar-refractivity contribution < 1.29 is 27.0 Å². The number of nitrogens with two attached hydrogens (primary N) is 1. The number of rotatable bonds is 5. The van der Waals surface area contributed by atoms with Gasteiger partial charge < -0.3 is 25.8 Å². The van der Waals surface area contributed by atoms with E-state index in [2.05, 4.69) is 37.4 Å².